The first-order valence-corrected chi connectivity index (χ1v) is 6.16. The van der Waals surface area contributed by atoms with Crippen LogP contribution in [-0.2, 0) is 4.79 Å². The predicted octanol–water partition coefficient (Wildman–Crippen LogP) is 0.936. The zero-order valence-electron chi connectivity index (χ0n) is 9.62. The van der Waals surface area contributed by atoms with Crippen molar-refractivity contribution < 1.29 is 4.79 Å². The third-order valence-corrected chi connectivity index (χ3v) is 3.43. The van der Waals surface area contributed by atoms with Crippen LogP contribution in [0.4, 0.5) is 0 Å². The number of carbonyl (C=O) groups is 1. The first-order valence-electron chi connectivity index (χ1n) is 5.28. The maximum Gasteiger partial charge on any atom is 0.241 e. The third kappa shape index (κ3) is 4.11. The van der Waals surface area contributed by atoms with E-state index in [1.54, 1.807) is 30.8 Å². The molecule has 1 heterocycles. The van der Waals surface area contributed by atoms with Crippen LogP contribution in [0.1, 0.15) is 19.8 Å². The molecule has 86 valence electrons. The molecule has 0 aromatic carbocycles. The Bertz CT molecular complexity index is 253. The number of hydrogen-bond donors (Lipinski definition) is 1. The van der Waals surface area contributed by atoms with Crippen molar-refractivity contribution in [2.24, 2.45) is 4.99 Å². The maximum absolute atomic E-state index is 11.3. The van der Waals surface area contributed by atoms with Gasteiger partial charge in [0.05, 0.1) is 13.1 Å². The Labute approximate surface area is 95.5 Å². The summed E-state index contributed by atoms with van der Waals surface area (Å²) in [6.45, 7) is 3.41. The van der Waals surface area contributed by atoms with E-state index in [4.69, 9.17) is 0 Å². The topological polar surface area (TPSA) is 44.7 Å². The summed E-state index contributed by atoms with van der Waals surface area (Å²) >= 11 is 1.76. The fraction of sp³-hybridized carbons (Fsp3) is 0.800. The molecule has 0 saturated carbocycles. The van der Waals surface area contributed by atoms with Crippen molar-refractivity contribution in [3.63, 3.8) is 0 Å². The molecule has 1 aliphatic rings. The molecule has 0 spiro atoms. The van der Waals surface area contributed by atoms with Crippen LogP contribution in [-0.4, -0.2) is 48.4 Å². The van der Waals surface area contributed by atoms with Gasteiger partial charge in [-0.05, 0) is 6.42 Å². The van der Waals surface area contributed by atoms with Crippen LogP contribution in [0.2, 0.25) is 0 Å². The molecule has 1 N–H and O–H groups in total. The molecule has 0 radical (unpaired) electrons. The number of nitrogens with zero attached hydrogens (tertiary/aromatic N) is 2. The summed E-state index contributed by atoms with van der Waals surface area (Å²) in [5.74, 6) is 0.0808. The molecule has 5 heteroatoms. The summed E-state index contributed by atoms with van der Waals surface area (Å²) in [4.78, 5) is 17.3. The first kappa shape index (κ1) is 12.4. The van der Waals surface area contributed by atoms with Crippen molar-refractivity contribution in [1.29, 1.82) is 0 Å². The zero-order chi connectivity index (χ0) is 11.3. The van der Waals surface area contributed by atoms with Gasteiger partial charge >= 0.3 is 0 Å². The summed E-state index contributed by atoms with van der Waals surface area (Å²) in [6.07, 6.45) is 2.39. The fourth-order valence-electron chi connectivity index (χ4n) is 1.30. The van der Waals surface area contributed by atoms with E-state index in [2.05, 4.69) is 17.2 Å². The van der Waals surface area contributed by atoms with Gasteiger partial charge in [-0.25, -0.2) is 0 Å². The number of thioether (sulfide) groups is 1. The highest BCUT2D eigenvalue weighted by Gasteiger charge is 2.18. The minimum Gasteiger partial charge on any atom is -0.356 e. The van der Waals surface area contributed by atoms with Crippen molar-refractivity contribution >= 4 is 22.8 Å². The molecule has 1 atom stereocenters. The average molecular weight is 229 g/mol. The molecular weight excluding hydrogens is 210 g/mol. The number of hydrogen-bond acceptors (Lipinski definition) is 4. The fourth-order valence-corrected chi connectivity index (χ4v) is 2.42. The molecule has 0 aromatic rings. The first-order chi connectivity index (χ1) is 7.13. The molecule has 1 unspecified atom stereocenters. The van der Waals surface area contributed by atoms with E-state index in [1.165, 1.54) is 12.8 Å². The molecule has 0 aliphatic carbocycles. The van der Waals surface area contributed by atoms with Crippen LogP contribution in [0.5, 0.6) is 0 Å². The van der Waals surface area contributed by atoms with Gasteiger partial charge in [-0.1, -0.05) is 25.1 Å². The summed E-state index contributed by atoms with van der Waals surface area (Å²) in [5, 5.41) is 4.60. The molecule has 1 rings (SSSR count). The number of carbonyl (C=O) groups excluding carboxylic acids is 1. The zero-order valence-corrected chi connectivity index (χ0v) is 10.4. The van der Waals surface area contributed by atoms with Gasteiger partial charge in [0.1, 0.15) is 0 Å². The second kappa shape index (κ2) is 6.00. The summed E-state index contributed by atoms with van der Waals surface area (Å²) in [6, 6.07) is 0. The number of amides is 1. The second-order valence-corrected chi connectivity index (χ2v) is 5.11. The van der Waals surface area contributed by atoms with E-state index >= 15 is 0 Å². The van der Waals surface area contributed by atoms with Gasteiger partial charge < -0.3 is 10.2 Å². The van der Waals surface area contributed by atoms with Crippen LogP contribution in [0.3, 0.4) is 0 Å². The molecule has 0 fully saturated rings. The summed E-state index contributed by atoms with van der Waals surface area (Å²) in [7, 11) is 3.51. The Morgan fingerprint density at radius 2 is 2.40 bits per heavy atom. The van der Waals surface area contributed by atoms with Gasteiger partial charge in [0.25, 0.3) is 0 Å². The van der Waals surface area contributed by atoms with E-state index in [0.717, 1.165) is 11.7 Å². The van der Waals surface area contributed by atoms with E-state index in [1.807, 2.05) is 0 Å². The highest BCUT2D eigenvalue weighted by molar-refractivity contribution is 8.14. The Hall–Kier alpha value is -0.710. The summed E-state index contributed by atoms with van der Waals surface area (Å²) in [5.41, 5.74) is 0. The molecule has 0 aromatic heterocycles. The largest absolute Gasteiger partial charge is 0.356 e. The highest BCUT2D eigenvalue weighted by Crippen LogP contribution is 2.23. The van der Waals surface area contributed by atoms with Gasteiger partial charge in [0.15, 0.2) is 5.17 Å². The van der Waals surface area contributed by atoms with Crippen molar-refractivity contribution in [2.45, 2.75) is 25.0 Å². The van der Waals surface area contributed by atoms with Crippen molar-refractivity contribution in [2.75, 3.05) is 27.2 Å². The van der Waals surface area contributed by atoms with Crippen molar-refractivity contribution in [1.82, 2.24) is 10.2 Å². The van der Waals surface area contributed by atoms with Gasteiger partial charge in [-0.2, -0.15) is 0 Å². The standard InChI is InChI=1S/C10H19N3OS/c1-4-5-8-6-11-10(15-8)12-7-9(14)13(2)3/h8H,4-7H2,1-3H3,(H,11,12). The normalized spacial score (nSPS) is 19.9. The molecule has 0 saturated heterocycles. The number of nitrogens with one attached hydrogen (secondary N) is 1. The maximum atomic E-state index is 11.3. The van der Waals surface area contributed by atoms with Gasteiger partial charge in [-0.3, -0.25) is 9.79 Å². The lowest BCUT2D eigenvalue weighted by molar-refractivity contribution is -0.127. The van der Waals surface area contributed by atoms with Gasteiger partial charge in [-0.15, -0.1) is 0 Å². The number of rotatable bonds is 4. The Kier molecular flexibility index (Phi) is 4.94. The number of amidine groups is 1. The molecule has 1 amide bonds. The molecule has 1 aliphatic heterocycles. The van der Waals surface area contributed by atoms with Gasteiger partial charge in [0.2, 0.25) is 5.91 Å². The van der Waals surface area contributed by atoms with Crippen LogP contribution in [0.15, 0.2) is 4.99 Å². The van der Waals surface area contributed by atoms with E-state index in [9.17, 15) is 4.79 Å². The van der Waals surface area contributed by atoms with Crippen LogP contribution >= 0.6 is 11.8 Å². The average Bonchev–Trinajstić information content (AvgIpc) is 2.62. The number of aliphatic imine (C=N–C) groups is 1. The Balaban J connectivity index is 2.21. The van der Waals surface area contributed by atoms with Crippen molar-refractivity contribution in [3.05, 3.63) is 0 Å². The molecule has 4 nitrogen and oxygen atoms in total. The van der Waals surface area contributed by atoms with Crippen molar-refractivity contribution in [3.8, 4) is 0 Å². The smallest absolute Gasteiger partial charge is 0.241 e. The third-order valence-electron chi connectivity index (χ3n) is 2.22. The monoisotopic (exact) mass is 229 g/mol. The molecular formula is C10H19N3OS. The summed E-state index contributed by atoms with van der Waals surface area (Å²) < 4.78 is 0. The lowest BCUT2D eigenvalue weighted by Gasteiger charge is -2.11. The SMILES string of the molecule is CCCC1CN=C(NCC(=O)N(C)C)S1. The van der Waals surface area contributed by atoms with E-state index in [0.29, 0.717) is 11.8 Å². The van der Waals surface area contributed by atoms with Crippen LogP contribution in [0, 0.1) is 0 Å². The lowest BCUT2D eigenvalue weighted by atomic mass is 10.2. The molecule has 0 bridgehead atoms. The molecule has 15 heavy (non-hydrogen) atoms. The Morgan fingerprint density at radius 3 is 3.00 bits per heavy atom. The van der Waals surface area contributed by atoms with Crippen LogP contribution in [0.25, 0.3) is 0 Å². The lowest BCUT2D eigenvalue weighted by Crippen LogP contribution is -2.34. The predicted molar refractivity (Wildman–Crippen MR) is 65.3 cm³/mol. The quantitative estimate of drug-likeness (QED) is 0.780. The van der Waals surface area contributed by atoms with Gasteiger partial charge in [0, 0.05) is 19.3 Å². The van der Waals surface area contributed by atoms with E-state index in [-0.39, 0.29) is 5.91 Å². The highest BCUT2D eigenvalue weighted by atomic mass is 32.2. The second-order valence-electron chi connectivity index (χ2n) is 3.82. The Morgan fingerprint density at radius 1 is 1.67 bits per heavy atom. The van der Waals surface area contributed by atoms with E-state index < -0.39 is 0 Å². The minimum atomic E-state index is 0.0808. The minimum absolute atomic E-state index is 0.0808. The van der Waals surface area contributed by atoms with Crippen LogP contribution < -0.4 is 5.32 Å². The number of likely N-dealkylation sites (N-methyl/N-ethyl adjacent to an activating group) is 1.